The molecule has 1 aliphatic rings. The summed E-state index contributed by atoms with van der Waals surface area (Å²) in [5.41, 5.74) is -0.505. The Morgan fingerprint density at radius 1 is 1.24 bits per heavy atom. The van der Waals surface area contributed by atoms with E-state index in [9.17, 15) is 23.1 Å². The predicted octanol–water partition coefficient (Wildman–Crippen LogP) is 5.94. The van der Waals surface area contributed by atoms with Gasteiger partial charge in [-0.05, 0) is 47.1 Å². The molecule has 11 heteroatoms. The molecule has 4 rings (SSSR count). The smallest absolute Gasteiger partial charge is 0.408 e. The maximum atomic E-state index is 14.8. The van der Waals surface area contributed by atoms with E-state index in [4.69, 9.17) is 0 Å². The minimum Gasteiger partial charge on any atom is -0.465 e. The number of fused-ring (bicyclic) bond motifs is 1. The van der Waals surface area contributed by atoms with Crippen LogP contribution in [0.2, 0.25) is 0 Å². The number of rotatable bonds is 6. The van der Waals surface area contributed by atoms with Crippen molar-refractivity contribution in [3.05, 3.63) is 53.2 Å². The van der Waals surface area contributed by atoms with Crippen LogP contribution < -0.4 is 10.2 Å². The molecule has 2 N–H and O–H groups in total. The van der Waals surface area contributed by atoms with Gasteiger partial charge >= 0.3 is 6.09 Å². The highest BCUT2D eigenvalue weighted by Crippen LogP contribution is 2.32. The Kier molecular flexibility index (Phi) is 7.16. The first-order valence-corrected chi connectivity index (χ1v) is 12.1. The lowest BCUT2D eigenvalue weighted by atomic mass is 10.0. The SMILES string of the molecule is Cc1nc(N[C@H](C)c2cccc(C(F)F)c2F)c2cc(N3CC[C@@H](N(C(=O)O)C(C)(C)C)C3)ncc2n1. The van der Waals surface area contributed by atoms with Gasteiger partial charge in [0, 0.05) is 29.6 Å². The van der Waals surface area contributed by atoms with Gasteiger partial charge in [0.1, 0.15) is 23.3 Å². The summed E-state index contributed by atoms with van der Waals surface area (Å²) in [5.74, 6) is 0.600. The van der Waals surface area contributed by atoms with Crippen LogP contribution in [-0.4, -0.2) is 55.7 Å². The Bertz CT molecular complexity index is 1310. The van der Waals surface area contributed by atoms with Gasteiger partial charge in [-0.1, -0.05) is 18.2 Å². The van der Waals surface area contributed by atoms with Crippen molar-refractivity contribution >= 4 is 28.6 Å². The fourth-order valence-corrected chi connectivity index (χ4v) is 4.93. The lowest BCUT2D eigenvalue weighted by molar-refractivity contribution is 0.0762. The number of aromatic nitrogens is 3. The Morgan fingerprint density at radius 3 is 2.59 bits per heavy atom. The standard InChI is InChI=1S/C26H31F3N6O2/c1-14(17-7-6-8-18(22(17)27)23(28)29)31-24-19-11-21(30-12-20(19)32-15(2)33-24)34-10-9-16(13-34)35(25(36)37)26(3,4)5/h6-8,11-12,14,16,23H,9-10,13H2,1-5H3,(H,36,37)(H,31,32,33)/t14-,16-/m1/s1. The molecule has 1 aliphatic heterocycles. The summed E-state index contributed by atoms with van der Waals surface area (Å²) in [6.45, 7) is 10.1. The van der Waals surface area contributed by atoms with Crippen LogP contribution in [0.4, 0.5) is 29.6 Å². The molecule has 2 atom stereocenters. The molecule has 1 saturated heterocycles. The third-order valence-corrected chi connectivity index (χ3v) is 6.57. The van der Waals surface area contributed by atoms with Gasteiger partial charge in [-0.15, -0.1) is 0 Å². The van der Waals surface area contributed by atoms with Gasteiger partial charge < -0.3 is 15.3 Å². The molecular formula is C26H31F3N6O2. The van der Waals surface area contributed by atoms with Gasteiger partial charge in [0.05, 0.1) is 29.4 Å². The topological polar surface area (TPSA) is 94.5 Å². The fourth-order valence-electron chi connectivity index (χ4n) is 4.93. The molecule has 0 aliphatic carbocycles. The second-order valence-corrected chi connectivity index (χ2v) is 10.3. The van der Waals surface area contributed by atoms with E-state index in [1.165, 1.54) is 17.0 Å². The molecule has 2 aromatic heterocycles. The highest BCUT2D eigenvalue weighted by Gasteiger charge is 2.37. The van der Waals surface area contributed by atoms with Gasteiger partial charge in [0.15, 0.2) is 0 Å². The molecular weight excluding hydrogens is 485 g/mol. The molecule has 198 valence electrons. The number of nitrogens with zero attached hydrogens (tertiary/aromatic N) is 5. The van der Waals surface area contributed by atoms with Crippen molar-refractivity contribution < 1.29 is 23.1 Å². The first-order chi connectivity index (χ1) is 17.4. The summed E-state index contributed by atoms with van der Waals surface area (Å²) in [7, 11) is 0. The molecule has 1 aromatic carbocycles. The molecule has 3 heterocycles. The van der Waals surface area contributed by atoms with Crippen LogP contribution in [0.25, 0.3) is 10.9 Å². The Morgan fingerprint density at radius 2 is 1.95 bits per heavy atom. The summed E-state index contributed by atoms with van der Waals surface area (Å²) in [4.78, 5) is 28.9. The van der Waals surface area contributed by atoms with E-state index in [2.05, 4.69) is 20.3 Å². The molecule has 37 heavy (non-hydrogen) atoms. The number of benzene rings is 1. The Labute approximate surface area is 213 Å². The van der Waals surface area contributed by atoms with Gasteiger partial charge in [0.25, 0.3) is 6.43 Å². The van der Waals surface area contributed by atoms with Gasteiger partial charge in [-0.25, -0.2) is 32.9 Å². The minimum atomic E-state index is -2.91. The van der Waals surface area contributed by atoms with E-state index in [0.29, 0.717) is 47.9 Å². The number of halogens is 3. The van der Waals surface area contributed by atoms with Gasteiger partial charge in [-0.2, -0.15) is 0 Å². The predicted molar refractivity (Wildman–Crippen MR) is 136 cm³/mol. The zero-order valence-electron chi connectivity index (χ0n) is 21.5. The number of pyridine rings is 1. The first-order valence-electron chi connectivity index (χ1n) is 12.1. The van der Waals surface area contributed by atoms with Crippen LogP contribution in [0.15, 0.2) is 30.5 Å². The summed E-state index contributed by atoms with van der Waals surface area (Å²) < 4.78 is 41.2. The number of anilines is 2. The minimum absolute atomic E-state index is 0.106. The molecule has 8 nitrogen and oxygen atoms in total. The summed E-state index contributed by atoms with van der Waals surface area (Å²) in [6.07, 6.45) is -1.59. The quantitative estimate of drug-likeness (QED) is 0.419. The van der Waals surface area contributed by atoms with Crippen molar-refractivity contribution in [1.82, 2.24) is 19.9 Å². The number of amides is 1. The maximum absolute atomic E-state index is 14.8. The summed E-state index contributed by atoms with van der Waals surface area (Å²) in [5, 5.41) is 13.6. The number of carboxylic acid groups (broad SMARTS) is 1. The van der Waals surface area contributed by atoms with E-state index in [1.807, 2.05) is 31.7 Å². The van der Waals surface area contributed by atoms with Crippen molar-refractivity contribution in [1.29, 1.82) is 0 Å². The maximum Gasteiger partial charge on any atom is 0.408 e. The summed E-state index contributed by atoms with van der Waals surface area (Å²) in [6, 6.07) is 4.93. The molecule has 0 spiro atoms. The summed E-state index contributed by atoms with van der Waals surface area (Å²) >= 11 is 0. The number of nitrogens with one attached hydrogen (secondary N) is 1. The van der Waals surface area contributed by atoms with Crippen molar-refractivity contribution in [3.63, 3.8) is 0 Å². The van der Waals surface area contributed by atoms with Crippen LogP contribution in [0, 0.1) is 12.7 Å². The average Bonchev–Trinajstić information content (AvgIpc) is 3.26. The zero-order valence-corrected chi connectivity index (χ0v) is 21.5. The van der Waals surface area contributed by atoms with Gasteiger partial charge in [-0.3, -0.25) is 4.90 Å². The van der Waals surface area contributed by atoms with Crippen LogP contribution >= 0.6 is 0 Å². The van der Waals surface area contributed by atoms with Crippen LogP contribution in [0.3, 0.4) is 0 Å². The van der Waals surface area contributed by atoms with Crippen LogP contribution in [0.1, 0.15) is 63.5 Å². The third-order valence-electron chi connectivity index (χ3n) is 6.57. The molecule has 1 amide bonds. The number of hydrogen-bond donors (Lipinski definition) is 2. The van der Waals surface area contributed by atoms with Crippen LogP contribution in [0.5, 0.6) is 0 Å². The Hall–Kier alpha value is -3.63. The highest BCUT2D eigenvalue weighted by molar-refractivity contribution is 5.90. The molecule has 1 fully saturated rings. The second-order valence-electron chi connectivity index (χ2n) is 10.3. The molecule has 0 radical (unpaired) electrons. The average molecular weight is 517 g/mol. The monoisotopic (exact) mass is 516 g/mol. The van der Waals surface area contributed by atoms with Crippen molar-refractivity contribution in [2.24, 2.45) is 0 Å². The molecule has 0 bridgehead atoms. The van der Waals surface area contributed by atoms with E-state index >= 15 is 0 Å². The van der Waals surface area contributed by atoms with E-state index in [-0.39, 0.29) is 11.6 Å². The second kappa shape index (κ2) is 10.0. The first kappa shape index (κ1) is 26.4. The molecule has 0 saturated carbocycles. The lowest BCUT2D eigenvalue weighted by Crippen LogP contribution is -2.52. The number of alkyl halides is 2. The van der Waals surface area contributed by atoms with Crippen molar-refractivity contribution in [3.8, 4) is 0 Å². The molecule has 3 aromatic rings. The largest absolute Gasteiger partial charge is 0.465 e. The normalized spacial score (nSPS) is 16.9. The Balaban J connectivity index is 1.64. The van der Waals surface area contributed by atoms with E-state index in [0.717, 1.165) is 6.07 Å². The number of aryl methyl sites for hydroxylation is 1. The lowest BCUT2D eigenvalue weighted by Gasteiger charge is -2.37. The third kappa shape index (κ3) is 5.40. The fraction of sp³-hybridized carbons (Fsp3) is 0.462. The van der Waals surface area contributed by atoms with Crippen LogP contribution in [-0.2, 0) is 0 Å². The van der Waals surface area contributed by atoms with E-state index < -0.39 is 35.5 Å². The van der Waals surface area contributed by atoms with E-state index in [1.54, 1.807) is 20.0 Å². The number of hydrogen-bond acceptors (Lipinski definition) is 6. The van der Waals surface area contributed by atoms with Crippen molar-refractivity contribution in [2.75, 3.05) is 23.3 Å². The van der Waals surface area contributed by atoms with Gasteiger partial charge in [0.2, 0.25) is 0 Å². The number of carbonyl (C=O) groups is 1. The molecule has 0 unspecified atom stereocenters. The highest BCUT2D eigenvalue weighted by atomic mass is 19.3. The zero-order chi connectivity index (χ0) is 27.1. The van der Waals surface area contributed by atoms with Crippen molar-refractivity contribution in [2.45, 2.75) is 65.1 Å².